The van der Waals surface area contributed by atoms with Crippen molar-refractivity contribution in [3.63, 3.8) is 0 Å². The topological polar surface area (TPSA) is 157 Å². The molecule has 0 saturated carbocycles. The first-order valence-corrected chi connectivity index (χ1v) is 14.1. The summed E-state index contributed by atoms with van der Waals surface area (Å²) >= 11 is 0. The van der Waals surface area contributed by atoms with E-state index in [-0.39, 0.29) is 22.8 Å². The number of unbranched alkanes of at least 4 members (excludes halogenated alkanes) is 10. The molecule has 1 heterocycles. The molecule has 0 N–H and O–H groups in total. The zero-order valence-corrected chi connectivity index (χ0v) is 22.4. The summed E-state index contributed by atoms with van der Waals surface area (Å²) in [7, 11) is -2.51. The first kappa shape index (κ1) is 31.9. The maximum Gasteiger partial charge on any atom is 0.347 e. The number of hydrogen-bond donors (Lipinski definition) is 0. The molecule has 2 rings (SSSR count). The molecule has 2 aromatic rings. The molecule has 37 heavy (non-hydrogen) atoms. The Hall–Kier alpha value is -3.12. The van der Waals surface area contributed by atoms with Crippen molar-refractivity contribution in [1.82, 2.24) is 0 Å². The molecule has 0 aliphatic rings. The van der Waals surface area contributed by atoms with E-state index in [1.54, 1.807) is 24.5 Å². The van der Waals surface area contributed by atoms with Crippen molar-refractivity contribution in [2.24, 2.45) is 0 Å². The minimum Gasteiger partial charge on any atom is -0.748 e. The number of pyridine rings is 1. The number of ether oxygens (including phenoxy) is 1. The fourth-order valence-electron chi connectivity index (χ4n) is 3.66. The summed E-state index contributed by atoms with van der Waals surface area (Å²) < 4.78 is 37.5. The standard InChI is InChI=1S/C13H28O3S.C12H10N3O5/c1-2-3-4-5-6-7-8-9-10-11-12-13-17(14,15)16;1-20-10-3-2-6-13(8-10)11-5-4-9(14(16)17)7-12(11)15(18)19/h2-13H2,1H3,(H,14,15,16);2-8H,1H3/q;+1/p-1. The summed E-state index contributed by atoms with van der Waals surface area (Å²) in [6.45, 7) is 2.22. The van der Waals surface area contributed by atoms with Crippen LogP contribution >= 0.6 is 0 Å². The van der Waals surface area contributed by atoms with Crippen LogP contribution in [0.5, 0.6) is 5.75 Å². The minimum atomic E-state index is -3.98. The maximum atomic E-state index is 11.1. The Labute approximate surface area is 218 Å². The van der Waals surface area contributed by atoms with Crippen LogP contribution in [-0.4, -0.2) is 35.7 Å². The monoisotopic (exact) mass is 539 g/mol. The second-order valence-electron chi connectivity index (χ2n) is 8.64. The van der Waals surface area contributed by atoms with E-state index in [0.717, 1.165) is 18.9 Å². The number of aromatic nitrogens is 1. The normalized spacial score (nSPS) is 10.9. The molecule has 0 fully saturated rings. The van der Waals surface area contributed by atoms with Gasteiger partial charge in [0.05, 0.1) is 27.1 Å². The number of nitro benzene ring substituents is 2. The molecule has 0 spiro atoms. The highest BCUT2D eigenvalue weighted by Crippen LogP contribution is 2.25. The smallest absolute Gasteiger partial charge is 0.347 e. The van der Waals surface area contributed by atoms with Gasteiger partial charge in [-0.15, -0.1) is 0 Å². The summed E-state index contributed by atoms with van der Waals surface area (Å²) in [6, 6.07) is 6.82. The van der Waals surface area contributed by atoms with Gasteiger partial charge in [0.25, 0.3) is 11.4 Å². The number of rotatable bonds is 16. The summed E-state index contributed by atoms with van der Waals surface area (Å²) in [5, 5.41) is 21.7. The largest absolute Gasteiger partial charge is 0.748 e. The van der Waals surface area contributed by atoms with Crippen molar-refractivity contribution in [2.75, 3.05) is 12.9 Å². The van der Waals surface area contributed by atoms with E-state index in [1.165, 1.54) is 75.2 Å². The van der Waals surface area contributed by atoms with E-state index in [0.29, 0.717) is 12.2 Å². The first-order valence-electron chi connectivity index (χ1n) is 12.5. The molecule has 1 aromatic heterocycles. The molecule has 0 aliphatic heterocycles. The number of hydrogen-bond acceptors (Lipinski definition) is 8. The fraction of sp³-hybridized carbons (Fsp3) is 0.560. The molecule has 0 saturated heterocycles. The van der Waals surface area contributed by atoms with Gasteiger partial charge in [-0.2, -0.15) is 4.57 Å². The molecule has 11 nitrogen and oxygen atoms in total. The Balaban J connectivity index is 0.000000377. The molecule has 0 radical (unpaired) electrons. The van der Waals surface area contributed by atoms with Crippen LogP contribution in [0.4, 0.5) is 11.4 Å². The summed E-state index contributed by atoms with van der Waals surface area (Å²) in [4.78, 5) is 20.4. The third-order valence-electron chi connectivity index (χ3n) is 5.65. The van der Waals surface area contributed by atoms with E-state index in [1.807, 2.05) is 0 Å². The molecule has 0 bridgehead atoms. The third kappa shape index (κ3) is 13.7. The fourth-order valence-corrected chi connectivity index (χ4v) is 4.22. The number of non-ortho nitro benzene ring substituents is 1. The maximum absolute atomic E-state index is 11.1. The van der Waals surface area contributed by atoms with Crippen LogP contribution in [0.1, 0.15) is 77.6 Å². The SMILES string of the molecule is CCCCCCCCCCCCCS(=O)(=O)[O-].COc1ccc[n+](-c2ccc([N+](=O)[O-])cc2[N+](=O)[O-])c1. The van der Waals surface area contributed by atoms with Crippen LogP contribution in [-0.2, 0) is 10.1 Å². The Bertz CT molecular complexity index is 1090. The van der Waals surface area contributed by atoms with E-state index in [4.69, 9.17) is 4.74 Å². The van der Waals surface area contributed by atoms with Gasteiger partial charge < -0.3 is 9.29 Å². The Kier molecular flexibility index (Phi) is 15.0. The lowest BCUT2D eigenvalue weighted by Gasteiger charge is -2.06. The lowest BCUT2D eigenvalue weighted by Crippen LogP contribution is -2.30. The Morgan fingerprint density at radius 3 is 1.92 bits per heavy atom. The van der Waals surface area contributed by atoms with Crippen LogP contribution in [0.2, 0.25) is 0 Å². The van der Waals surface area contributed by atoms with Gasteiger partial charge in [0.15, 0.2) is 11.9 Å². The molecule has 0 atom stereocenters. The zero-order chi connectivity index (χ0) is 27.7. The predicted molar refractivity (Wildman–Crippen MR) is 139 cm³/mol. The Morgan fingerprint density at radius 2 is 1.43 bits per heavy atom. The predicted octanol–water partition coefficient (Wildman–Crippen LogP) is 5.63. The highest BCUT2D eigenvalue weighted by molar-refractivity contribution is 7.85. The highest BCUT2D eigenvalue weighted by atomic mass is 32.2. The van der Waals surface area contributed by atoms with Gasteiger partial charge in [0.2, 0.25) is 6.20 Å². The number of methoxy groups -OCH3 is 1. The van der Waals surface area contributed by atoms with Crippen LogP contribution in [0.15, 0.2) is 42.7 Å². The van der Waals surface area contributed by atoms with Gasteiger partial charge in [-0.3, -0.25) is 20.2 Å². The van der Waals surface area contributed by atoms with E-state index < -0.39 is 20.0 Å². The molecular formula is C25H37N3O8S. The van der Waals surface area contributed by atoms with Gasteiger partial charge >= 0.3 is 5.69 Å². The summed E-state index contributed by atoms with van der Waals surface area (Å²) in [5.74, 6) is 0.324. The lowest BCUT2D eigenvalue weighted by atomic mass is 10.1. The van der Waals surface area contributed by atoms with Gasteiger partial charge in [0.1, 0.15) is 6.07 Å². The van der Waals surface area contributed by atoms with Gasteiger partial charge in [-0.05, 0) is 12.5 Å². The number of benzene rings is 1. The quantitative estimate of drug-likeness (QED) is 0.0873. The van der Waals surface area contributed by atoms with Crippen LogP contribution < -0.4 is 9.30 Å². The zero-order valence-electron chi connectivity index (χ0n) is 21.5. The van der Waals surface area contributed by atoms with Crippen molar-refractivity contribution in [1.29, 1.82) is 0 Å². The average molecular weight is 540 g/mol. The Morgan fingerprint density at radius 1 is 0.865 bits per heavy atom. The van der Waals surface area contributed by atoms with Crippen molar-refractivity contribution >= 4 is 21.5 Å². The second kappa shape index (κ2) is 17.4. The molecule has 206 valence electrons. The van der Waals surface area contributed by atoms with Crippen molar-refractivity contribution in [3.8, 4) is 11.4 Å². The third-order valence-corrected chi connectivity index (χ3v) is 6.44. The van der Waals surface area contributed by atoms with Crippen LogP contribution in [0.25, 0.3) is 5.69 Å². The molecule has 12 heteroatoms. The second-order valence-corrected chi connectivity index (χ2v) is 10.2. The van der Waals surface area contributed by atoms with Gasteiger partial charge in [0, 0.05) is 24.0 Å². The lowest BCUT2D eigenvalue weighted by molar-refractivity contribution is -0.601. The van der Waals surface area contributed by atoms with Crippen molar-refractivity contribution in [2.45, 2.75) is 77.6 Å². The summed E-state index contributed by atoms with van der Waals surface area (Å²) in [5.41, 5.74) is -0.458. The van der Waals surface area contributed by atoms with Crippen LogP contribution in [0, 0.1) is 20.2 Å². The van der Waals surface area contributed by atoms with E-state index in [9.17, 15) is 33.2 Å². The minimum absolute atomic E-state index is 0.190. The number of nitrogens with zero attached hydrogens (tertiary/aromatic N) is 3. The van der Waals surface area contributed by atoms with Crippen molar-refractivity contribution < 1.29 is 32.1 Å². The molecule has 1 aromatic carbocycles. The highest BCUT2D eigenvalue weighted by Gasteiger charge is 2.26. The first-order chi connectivity index (χ1) is 17.6. The molecule has 0 unspecified atom stereocenters. The average Bonchev–Trinajstić information content (AvgIpc) is 2.86. The van der Waals surface area contributed by atoms with Gasteiger partial charge in [-0.1, -0.05) is 71.1 Å². The van der Waals surface area contributed by atoms with E-state index >= 15 is 0 Å². The van der Waals surface area contributed by atoms with Crippen molar-refractivity contribution in [3.05, 3.63) is 63.0 Å². The van der Waals surface area contributed by atoms with Crippen LogP contribution in [0.3, 0.4) is 0 Å². The van der Waals surface area contributed by atoms with E-state index in [2.05, 4.69) is 6.92 Å². The molecular weight excluding hydrogens is 502 g/mol. The van der Waals surface area contributed by atoms with Gasteiger partial charge in [-0.25, -0.2) is 8.42 Å². The summed E-state index contributed by atoms with van der Waals surface area (Å²) in [6.07, 6.45) is 16.0. The molecule has 0 amide bonds. The molecule has 0 aliphatic carbocycles. The number of nitro groups is 2.